The lowest BCUT2D eigenvalue weighted by Crippen LogP contribution is -2.30. The molecule has 0 aliphatic heterocycles. The molecule has 2 saturated carbocycles. The number of carbonyl (C=O) groups is 1. The van der Waals surface area contributed by atoms with Crippen LogP contribution in [-0.2, 0) is 0 Å². The van der Waals surface area contributed by atoms with E-state index in [1.54, 1.807) is 0 Å². The van der Waals surface area contributed by atoms with Crippen molar-refractivity contribution in [2.24, 2.45) is 5.41 Å². The molecule has 1 amide bonds. The van der Waals surface area contributed by atoms with E-state index < -0.39 is 0 Å². The van der Waals surface area contributed by atoms with Crippen LogP contribution in [0, 0.1) is 5.41 Å². The van der Waals surface area contributed by atoms with Crippen LogP contribution in [0.2, 0.25) is 0 Å². The minimum absolute atomic E-state index is 0.145. The van der Waals surface area contributed by atoms with Gasteiger partial charge >= 0.3 is 0 Å². The van der Waals surface area contributed by atoms with Gasteiger partial charge in [0, 0.05) is 12.5 Å². The minimum atomic E-state index is -0.145. The number of nitrogens with one attached hydrogen (secondary N) is 2. The Kier molecular flexibility index (Phi) is 2.42. The lowest BCUT2D eigenvalue weighted by molar-refractivity contribution is 0.0934. The van der Waals surface area contributed by atoms with Gasteiger partial charge in [0.1, 0.15) is 5.82 Å². The molecule has 2 aliphatic rings. The van der Waals surface area contributed by atoms with Crippen molar-refractivity contribution in [1.82, 2.24) is 20.5 Å². The molecule has 92 valence electrons. The van der Waals surface area contributed by atoms with Crippen molar-refractivity contribution in [2.45, 2.75) is 44.9 Å². The standard InChI is InChI=1S/C12H18N4O/c1-2-12(5-6-12)7-13-11(17)10-14-9(15-16-10)8-3-4-8/h8H,2-7H2,1H3,(H,13,17)(H,14,15,16). The third kappa shape index (κ3) is 2.18. The summed E-state index contributed by atoms with van der Waals surface area (Å²) >= 11 is 0. The molecule has 0 atom stereocenters. The third-order valence-corrected chi connectivity index (χ3v) is 4.00. The van der Waals surface area contributed by atoms with E-state index in [2.05, 4.69) is 27.4 Å². The van der Waals surface area contributed by atoms with Crippen LogP contribution >= 0.6 is 0 Å². The molecule has 17 heavy (non-hydrogen) atoms. The fourth-order valence-electron chi connectivity index (χ4n) is 2.09. The molecule has 1 heterocycles. The van der Waals surface area contributed by atoms with Crippen molar-refractivity contribution in [3.63, 3.8) is 0 Å². The Bertz CT molecular complexity index is 431. The summed E-state index contributed by atoms with van der Waals surface area (Å²) in [6.07, 6.45) is 5.91. The van der Waals surface area contributed by atoms with E-state index in [0.717, 1.165) is 31.6 Å². The van der Waals surface area contributed by atoms with Crippen LogP contribution in [0.3, 0.4) is 0 Å². The molecule has 0 bridgehead atoms. The highest BCUT2D eigenvalue weighted by atomic mass is 16.2. The first-order valence-corrected chi connectivity index (χ1v) is 6.43. The highest BCUT2D eigenvalue weighted by Crippen LogP contribution is 2.47. The maximum absolute atomic E-state index is 11.8. The van der Waals surface area contributed by atoms with Crippen molar-refractivity contribution in [3.05, 3.63) is 11.6 Å². The van der Waals surface area contributed by atoms with E-state index in [0.29, 0.717) is 17.2 Å². The summed E-state index contributed by atoms with van der Waals surface area (Å²) in [6, 6.07) is 0. The smallest absolute Gasteiger partial charge is 0.290 e. The van der Waals surface area contributed by atoms with E-state index in [1.807, 2.05) is 0 Å². The molecule has 5 nitrogen and oxygen atoms in total. The van der Waals surface area contributed by atoms with Gasteiger partial charge in [0.05, 0.1) is 0 Å². The lowest BCUT2D eigenvalue weighted by atomic mass is 10.0. The van der Waals surface area contributed by atoms with Gasteiger partial charge in [0.15, 0.2) is 0 Å². The summed E-state index contributed by atoms with van der Waals surface area (Å²) in [5, 5.41) is 9.77. The van der Waals surface area contributed by atoms with Gasteiger partial charge in [-0.25, -0.2) is 4.98 Å². The largest absolute Gasteiger partial charge is 0.349 e. The number of carbonyl (C=O) groups excluding carboxylic acids is 1. The van der Waals surface area contributed by atoms with Crippen LogP contribution in [0.25, 0.3) is 0 Å². The van der Waals surface area contributed by atoms with E-state index >= 15 is 0 Å². The van der Waals surface area contributed by atoms with Gasteiger partial charge < -0.3 is 5.32 Å². The van der Waals surface area contributed by atoms with Crippen molar-refractivity contribution in [2.75, 3.05) is 6.54 Å². The monoisotopic (exact) mass is 234 g/mol. The van der Waals surface area contributed by atoms with Crippen LogP contribution in [0.4, 0.5) is 0 Å². The second kappa shape index (κ2) is 3.82. The topological polar surface area (TPSA) is 70.7 Å². The molecule has 0 unspecified atom stereocenters. The van der Waals surface area contributed by atoms with Crippen LogP contribution in [0.1, 0.15) is 61.4 Å². The van der Waals surface area contributed by atoms with Gasteiger partial charge in [-0.2, -0.15) is 0 Å². The highest BCUT2D eigenvalue weighted by molar-refractivity contribution is 5.90. The van der Waals surface area contributed by atoms with Crippen LogP contribution in [0.5, 0.6) is 0 Å². The number of H-pyrrole nitrogens is 1. The van der Waals surface area contributed by atoms with Gasteiger partial charge in [0.2, 0.25) is 5.82 Å². The Morgan fingerprint density at radius 3 is 2.88 bits per heavy atom. The Balaban J connectivity index is 1.57. The Labute approximate surface area is 100 Å². The second-order valence-corrected chi connectivity index (χ2v) is 5.35. The summed E-state index contributed by atoms with van der Waals surface area (Å²) in [6.45, 7) is 2.94. The number of amides is 1. The fraction of sp³-hybridized carbons (Fsp3) is 0.750. The summed E-state index contributed by atoms with van der Waals surface area (Å²) in [7, 11) is 0. The number of rotatable bonds is 5. The quantitative estimate of drug-likeness (QED) is 0.813. The summed E-state index contributed by atoms with van der Waals surface area (Å²) in [4.78, 5) is 16.1. The average molecular weight is 234 g/mol. The number of aromatic nitrogens is 3. The molecule has 3 rings (SSSR count). The molecule has 2 aliphatic carbocycles. The molecular weight excluding hydrogens is 216 g/mol. The van der Waals surface area contributed by atoms with E-state index in [-0.39, 0.29) is 5.91 Å². The molecule has 5 heteroatoms. The molecule has 0 spiro atoms. The Morgan fingerprint density at radius 2 is 2.29 bits per heavy atom. The summed E-state index contributed by atoms with van der Waals surface area (Å²) in [5.74, 6) is 1.52. The van der Waals surface area contributed by atoms with E-state index in [4.69, 9.17) is 0 Å². The SMILES string of the molecule is CCC1(CNC(=O)c2n[nH]c(C3CC3)n2)CC1. The molecule has 2 fully saturated rings. The van der Waals surface area contributed by atoms with Crippen LogP contribution in [0.15, 0.2) is 0 Å². The second-order valence-electron chi connectivity index (χ2n) is 5.35. The van der Waals surface area contributed by atoms with Gasteiger partial charge in [-0.3, -0.25) is 9.89 Å². The summed E-state index contributed by atoms with van der Waals surface area (Å²) < 4.78 is 0. The molecule has 0 aromatic carbocycles. The zero-order valence-electron chi connectivity index (χ0n) is 10.1. The zero-order chi connectivity index (χ0) is 11.9. The Hall–Kier alpha value is -1.39. The predicted molar refractivity (Wildman–Crippen MR) is 62.6 cm³/mol. The normalized spacial score (nSPS) is 21.2. The van der Waals surface area contributed by atoms with Gasteiger partial charge in [-0.15, -0.1) is 5.10 Å². The first-order valence-electron chi connectivity index (χ1n) is 6.43. The van der Waals surface area contributed by atoms with Crippen molar-refractivity contribution in [3.8, 4) is 0 Å². The third-order valence-electron chi connectivity index (χ3n) is 4.00. The van der Waals surface area contributed by atoms with Crippen molar-refractivity contribution in [1.29, 1.82) is 0 Å². The van der Waals surface area contributed by atoms with Crippen molar-refractivity contribution >= 4 is 5.91 Å². The first-order chi connectivity index (χ1) is 8.22. The highest BCUT2D eigenvalue weighted by Gasteiger charge is 2.40. The van der Waals surface area contributed by atoms with E-state index in [1.165, 1.54) is 12.8 Å². The van der Waals surface area contributed by atoms with Crippen molar-refractivity contribution < 1.29 is 4.79 Å². The molecule has 0 saturated heterocycles. The lowest BCUT2D eigenvalue weighted by Gasteiger charge is -2.11. The maximum Gasteiger partial charge on any atom is 0.290 e. The van der Waals surface area contributed by atoms with Gasteiger partial charge in [-0.05, 0) is 37.5 Å². The maximum atomic E-state index is 11.8. The molecule has 0 radical (unpaired) electrons. The minimum Gasteiger partial charge on any atom is -0.349 e. The number of hydrogen-bond acceptors (Lipinski definition) is 3. The van der Waals surface area contributed by atoms with Crippen LogP contribution < -0.4 is 5.32 Å². The average Bonchev–Trinajstić information content (AvgIpc) is 3.27. The molecule has 1 aromatic heterocycles. The van der Waals surface area contributed by atoms with Gasteiger partial charge in [-0.1, -0.05) is 6.92 Å². The molecule has 2 N–H and O–H groups in total. The Morgan fingerprint density at radius 1 is 1.53 bits per heavy atom. The first kappa shape index (κ1) is 10.7. The number of aromatic amines is 1. The predicted octanol–water partition coefficient (Wildman–Crippen LogP) is 1.60. The molecule has 1 aromatic rings. The van der Waals surface area contributed by atoms with Gasteiger partial charge in [0.25, 0.3) is 5.91 Å². The van der Waals surface area contributed by atoms with E-state index in [9.17, 15) is 4.79 Å². The fourth-order valence-corrected chi connectivity index (χ4v) is 2.09. The van der Waals surface area contributed by atoms with Crippen LogP contribution in [-0.4, -0.2) is 27.6 Å². The summed E-state index contributed by atoms with van der Waals surface area (Å²) in [5.41, 5.74) is 0.366. The molecular formula is C12H18N4O. The zero-order valence-corrected chi connectivity index (χ0v) is 10.1. The number of hydrogen-bond donors (Lipinski definition) is 2. The number of nitrogens with zero attached hydrogens (tertiary/aromatic N) is 2.